The Hall–Kier alpha value is -3.67. The van der Waals surface area contributed by atoms with E-state index in [0.717, 1.165) is 11.9 Å². The van der Waals surface area contributed by atoms with Crippen molar-refractivity contribution in [2.45, 2.75) is 6.42 Å². The summed E-state index contributed by atoms with van der Waals surface area (Å²) in [5, 5.41) is 6.97. The van der Waals surface area contributed by atoms with Crippen molar-refractivity contribution >= 4 is 28.3 Å². The van der Waals surface area contributed by atoms with E-state index >= 15 is 0 Å². The molecular weight excluding hydrogens is 355 g/mol. The first-order valence-corrected chi connectivity index (χ1v) is 9.01. The van der Waals surface area contributed by atoms with Crippen LogP contribution in [0.15, 0.2) is 73.1 Å². The predicted octanol–water partition coefficient (Wildman–Crippen LogP) is 4.42. The number of aromatic amines is 1. The van der Waals surface area contributed by atoms with Crippen LogP contribution in [0.2, 0.25) is 0 Å². The molecule has 3 N–H and O–H groups in total. The number of rotatable bonds is 6. The predicted molar refractivity (Wildman–Crippen MR) is 108 cm³/mol. The fraction of sp³-hybridized carbons (Fsp3) is 0.0909. The highest BCUT2D eigenvalue weighted by Crippen LogP contribution is 2.19. The second-order valence-corrected chi connectivity index (χ2v) is 6.40. The number of amides is 1. The monoisotopic (exact) mass is 374 g/mol. The number of hydrogen-bond donors (Lipinski definition) is 3. The number of para-hydroxylation sites is 2. The molecule has 0 atom stereocenters. The van der Waals surface area contributed by atoms with E-state index < -0.39 is 0 Å². The van der Waals surface area contributed by atoms with Crippen molar-refractivity contribution in [2.24, 2.45) is 0 Å². The molecule has 4 aromatic rings. The van der Waals surface area contributed by atoms with Crippen molar-refractivity contribution in [3.8, 4) is 0 Å². The van der Waals surface area contributed by atoms with Crippen molar-refractivity contribution in [1.82, 2.24) is 15.3 Å². The Morgan fingerprint density at radius 3 is 2.68 bits per heavy atom. The van der Waals surface area contributed by atoms with E-state index in [1.807, 2.05) is 24.4 Å². The molecule has 0 aliphatic carbocycles. The molecular formula is C22H19FN4O. The van der Waals surface area contributed by atoms with Crippen LogP contribution in [0.1, 0.15) is 15.9 Å². The SMILES string of the molecule is O=C(NCCc1c[nH]c2ccccc12)c1ccc(Nc2ccccc2F)nc1. The molecule has 2 aromatic carbocycles. The summed E-state index contributed by atoms with van der Waals surface area (Å²) in [7, 11) is 0. The zero-order valence-corrected chi connectivity index (χ0v) is 15.1. The second-order valence-electron chi connectivity index (χ2n) is 6.40. The Kier molecular flexibility index (Phi) is 5.01. The van der Waals surface area contributed by atoms with Crippen LogP contribution in [0.25, 0.3) is 10.9 Å². The Balaban J connectivity index is 1.34. The zero-order chi connectivity index (χ0) is 19.3. The normalized spacial score (nSPS) is 10.8. The lowest BCUT2D eigenvalue weighted by Crippen LogP contribution is -2.25. The quantitative estimate of drug-likeness (QED) is 0.468. The van der Waals surface area contributed by atoms with Crippen molar-refractivity contribution in [3.63, 3.8) is 0 Å². The Morgan fingerprint density at radius 1 is 1.04 bits per heavy atom. The molecule has 0 fully saturated rings. The van der Waals surface area contributed by atoms with Gasteiger partial charge in [0.2, 0.25) is 0 Å². The molecule has 140 valence electrons. The number of aromatic nitrogens is 2. The van der Waals surface area contributed by atoms with Gasteiger partial charge in [0.25, 0.3) is 5.91 Å². The molecule has 28 heavy (non-hydrogen) atoms. The Morgan fingerprint density at radius 2 is 1.86 bits per heavy atom. The fourth-order valence-corrected chi connectivity index (χ4v) is 3.05. The van der Waals surface area contributed by atoms with E-state index in [1.165, 1.54) is 23.2 Å². The van der Waals surface area contributed by atoms with Crippen LogP contribution < -0.4 is 10.6 Å². The van der Waals surface area contributed by atoms with E-state index in [1.54, 1.807) is 30.3 Å². The number of anilines is 2. The highest BCUT2D eigenvalue weighted by Gasteiger charge is 2.08. The molecule has 2 heterocycles. The number of hydrogen-bond acceptors (Lipinski definition) is 3. The van der Waals surface area contributed by atoms with Crippen LogP contribution in [-0.4, -0.2) is 22.4 Å². The molecule has 5 nitrogen and oxygen atoms in total. The summed E-state index contributed by atoms with van der Waals surface area (Å²) < 4.78 is 13.7. The number of H-pyrrole nitrogens is 1. The maximum atomic E-state index is 13.7. The van der Waals surface area contributed by atoms with Gasteiger partial charge >= 0.3 is 0 Å². The molecule has 6 heteroatoms. The Bertz CT molecular complexity index is 1100. The number of benzene rings is 2. The van der Waals surface area contributed by atoms with Gasteiger partial charge in [0.15, 0.2) is 0 Å². The van der Waals surface area contributed by atoms with Gasteiger partial charge in [-0.15, -0.1) is 0 Å². The molecule has 2 aromatic heterocycles. The zero-order valence-electron chi connectivity index (χ0n) is 15.1. The van der Waals surface area contributed by atoms with E-state index in [4.69, 9.17) is 0 Å². The lowest BCUT2D eigenvalue weighted by Gasteiger charge is -2.08. The van der Waals surface area contributed by atoms with Gasteiger partial charge in [-0.25, -0.2) is 9.37 Å². The third-order valence-corrected chi connectivity index (χ3v) is 4.52. The van der Waals surface area contributed by atoms with Crippen LogP contribution >= 0.6 is 0 Å². The number of carbonyl (C=O) groups is 1. The van der Waals surface area contributed by atoms with E-state index in [2.05, 4.69) is 26.7 Å². The van der Waals surface area contributed by atoms with Crippen LogP contribution in [0, 0.1) is 5.82 Å². The molecule has 0 aliphatic heterocycles. The molecule has 0 bridgehead atoms. The smallest absolute Gasteiger partial charge is 0.252 e. The van der Waals surface area contributed by atoms with Crippen LogP contribution in [0.3, 0.4) is 0 Å². The Labute approximate surface area is 161 Å². The molecule has 0 radical (unpaired) electrons. The standard InChI is InChI=1S/C22H19FN4O/c23-18-6-2-4-8-20(18)27-21-10-9-16(14-26-21)22(28)24-12-11-15-13-25-19-7-3-1-5-17(15)19/h1-10,13-14,25H,11-12H2,(H,24,28)(H,26,27). The number of fused-ring (bicyclic) bond motifs is 1. The minimum Gasteiger partial charge on any atom is -0.361 e. The number of halogens is 1. The number of carbonyl (C=O) groups excluding carboxylic acids is 1. The number of nitrogens with zero attached hydrogens (tertiary/aromatic N) is 1. The fourth-order valence-electron chi connectivity index (χ4n) is 3.05. The van der Waals surface area contributed by atoms with Gasteiger partial charge in [0.1, 0.15) is 11.6 Å². The lowest BCUT2D eigenvalue weighted by molar-refractivity contribution is 0.0954. The van der Waals surface area contributed by atoms with Crippen molar-refractivity contribution < 1.29 is 9.18 Å². The van der Waals surface area contributed by atoms with Gasteiger partial charge < -0.3 is 15.6 Å². The summed E-state index contributed by atoms with van der Waals surface area (Å²) in [6.45, 7) is 0.524. The number of nitrogens with one attached hydrogen (secondary N) is 3. The topological polar surface area (TPSA) is 69.8 Å². The average Bonchev–Trinajstić information content (AvgIpc) is 3.13. The molecule has 0 saturated carbocycles. The van der Waals surface area contributed by atoms with Crippen LogP contribution in [0.4, 0.5) is 15.9 Å². The first kappa shape index (κ1) is 17.7. The van der Waals surface area contributed by atoms with Crippen molar-refractivity contribution in [2.75, 3.05) is 11.9 Å². The molecule has 1 amide bonds. The molecule has 0 aliphatic rings. The molecule has 0 saturated heterocycles. The maximum absolute atomic E-state index is 13.7. The summed E-state index contributed by atoms with van der Waals surface area (Å²) in [5.74, 6) is -0.0753. The summed E-state index contributed by atoms with van der Waals surface area (Å²) >= 11 is 0. The minimum atomic E-state index is -0.358. The third-order valence-electron chi connectivity index (χ3n) is 4.52. The largest absolute Gasteiger partial charge is 0.361 e. The summed E-state index contributed by atoms with van der Waals surface area (Å²) in [6.07, 6.45) is 4.18. The third kappa shape index (κ3) is 3.86. The van der Waals surface area contributed by atoms with E-state index in [-0.39, 0.29) is 11.7 Å². The van der Waals surface area contributed by atoms with Gasteiger partial charge in [0, 0.05) is 29.8 Å². The number of pyridine rings is 1. The van der Waals surface area contributed by atoms with E-state index in [0.29, 0.717) is 23.6 Å². The highest BCUT2D eigenvalue weighted by atomic mass is 19.1. The average molecular weight is 374 g/mol. The highest BCUT2D eigenvalue weighted by molar-refractivity contribution is 5.94. The molecule has 0 unspecified atom stereocenters. The maximum Gasteiger partial charge on any atom is 0.252 e. The van der Waals surface area contributed by atoms with Gasteiger partial charge in [-0.1, -0.05) is 30.3 Å². The lowest BCUT2D eigenvalue weighted by atomic mass is 10.1. The summed E-state index contributed by atoms with van der Waals surface area (Å²) in [5.41, 5.74) is 3.05. The molecule has 0 spiro atoms. The van der Waals surface area contributed by atoms with Gasteiger partial charge in [-0.05, 0) is 42.3 Å². The molecule has 4 rings (SSSR count). The van der Waals surface area contributed by atoms with Crippen molar-refractivity contribution in [1.29, 1.82) is 0 Å². The van der Waals surface area contributed by atoms with E-state index in [9.17, 15) is 9.18 Å². The van der Waals surface area contributed by atoms with Crippen LogP contribution in [0.5, 0.6) is 0 Å². The second kappa shape index (κ2) is 7.92. The van der Waals surface area contributed by atoms with Crippen molar-refractivity contribution in [3.05, 3.63) is 90.0 Å². The summed E-state index contributed by atoms with van der Waals surface area (Å²) in [6, 6.07) is 17.8. The van der Waals surface area contributed by atoms with Gasteiger partial charge in [0.05, 0.1) is 11.3 Å². The summed E-state index contributed by atoms with van der Waals surface area (Å²) in [4.78, 5) is 19.7. The van der Waals surface area contributed by atoms with Gasteiger partial charge in [-0.2, -0.15) is 0 Å². The van der Waals surface area contributed by atoms with Crippen LogP contribution in [-0.2, 0) is 6.42 Å². The first-order chi connectivity index (χ1) is 13.7. The van der Waals surface area contributed by atoms with Gasteiger partial charge in [-0.3, -0.25) is 4.79 Å². The minimum absolute atomic E-state index is 0.190. The first-order valence-electron chi connectivity index (χ1n) is 9.01.